The highest BCUT2D eigenvalue weighted by Crippen LogP contribution is 2.75. The Labute approximate surface area is 148 Å². The van der Waals surface area contributed by atoms with Crippen LogP contribution >= 0.6 is 0 Å². The number of rotatable bonds is 3. The third-order valence-electron chi connectivity index (χ3n) is 7.95. The van der Waals surface area contributed by atoms with E-state index in [-0.39, 0.29) is 36.3 Å². The molecule has 0 amide bonds. The summed E-state index contributed by atoms with van der Waals surface area (Å²) in [7, 11) is 0. The maximum absolute atomic E-state index is 12.4. The molecule has 4 rings (SSSR count). The number of esters is 2. The Kier molecular flexibility index (Phi) is 3.44. The van der Waals surface area contributed by atoms with Crippen LogP contribution in [0.3, 0.4) is 0 Å². The Bertz CT molecular complexity index is 633. The van der Waals surface area contributed by atoms with E-state index < -0.39 is 22.2 Å². The van der Waals surface area contributed by atoms with E-state index >= 15 is 0 Å². The van der Waals surface area contributed by atoms with Crippen molar-refractivity contribution in [1.82, 2.24) is 0 Å². The van der Waals surface area contributed by atoms with E-state index in [2.05, 4.69) is 0 Å². The van der Waals surface area contributed by atoms with Gasteiger partial charge in [0.15, 0.2) is 5.79 Å². The second kappa shape index (κ2) is 4.97. The van der Waals surface area contributed by atoms with Crippen LogP contribution in [0.15, 0.2) is 0 Å². The Balaban J connectivity index is 1.77. The maximum Gasteiger partial charge on any atom is 0.307 e. The molecule has 2 saturated carbocycles. The summed E-state index contributed by atoms with van der Waals surface area (Å²) >= 11 is 0. The zero-order chi connectivity index (χ0) is 18.3. The molecule has 6 nitrogen and oxygen atoms in total. The van der Waals surface area contributed by atoms with Crippen LogP contribution in [0.5, 0.6) is 0 Å². The molecule has 2 aliphatic carbocycles. The van der Waals surface area contributed by atoms with Crippen LogP contribution in [0, 0.1) is 22.7 Å². The van der Waals surface area contributed by atoms with E-state index in [9.17, 15) is 14.7 Å². The van der Waals surface area contributed by atoms with Crippen molar-refractivity contribution in [2.45, 2.75) is 77.3 Å². The number of ether oxygens (including phenoxy) is 3. The van der Waals surface area contributed by atoms with Gasteiger partial charge in [-0.25, -0.2) is 0 Å². The molecular formula is C19H28O6. The van der Waals surface area contributed by atoms with Gasteiger partial charge in [0.05, 0.1) is 13.0 Å². The summed E-state index contributed by atoms with van der Waals surface area (Å²) in [6.45, 7) is 8.34. The number of hydrogen-bond donors (Lipinski definition) is 1. The van der Waals surface area contributed by atoms with Crippen LogP contribution in [0.2, 0.25) is 0 Å². The summed E-state index contributed by atoms with van der Waals surface area (Å²) in [4.78, 5) is 24.5. The number of carbonyl (C=O) groups is 2. The first-order chi connectivity index (χ1) is 11.6. The minimum atomic E-state index is -1.25. The number of fused-ring (bicyclic) bond motifs is 2. The summed E-state index contributed by atoms with van der Waals surface area (Å²) in [6, 6.07) is 0. The molecule has 25 heavy (non-hydrogen) atoms. The van der Waals surface area contributed by atoms with Crippen LogP contribution in [0.25, 0.3) is 0 Å². The first-order valence-electron chi connectivity index (χ1n) is 9.42. The van der Waals surface area contributed by atoms with Gasteiger partial charge in [0, 0.05) is 41.9 Å². The zero-order valence-corrected chi connectivity index (χ0v) is 15.5. The van der Waals surface area contributed by atoms with Crippen LogP contribution in [-0.4, -0.2) is 41.1 Å². The second-order valence-corrected chi connectivity index (χ2v) is 8.85. The first-order valence-corrected chi connectivity index (χ1v) is 9.42. The molecule has 4 aliphatic rings. The predicted molar refractivity (Wildman–Crippen MR) is 87.2 cm³/mol. The molecule has 0 unspecified atom stereocenters. The summed E-state index contributed by atoms with van der Waals surface area (Å²) < 4.78 is 17.7. The highest BCUT2D eigenvalue weighted by atomic mass is 16.6. The van der Waals surface area contributed by atoms with Gasteiger partial charge in [-0.1, -0.05) is 27.7 Å². The van der Waals surface area contributed by atoms with Gasteiger partial charge in [0.25, 0.3) is 0 Å². The Hall–Kier alpha value is -1.14. The monoisotopic (exact) mass is 352 g/mol. The number of carbonyl (C=O) groups excluding carboxylic acids is 2. The molecule has 2 bridgehead atoms. The average molecular weight is 352 g/mol. The van der Waals surface area contributed by atoms with E-state index in [4.69, 9.17) is 14.2 Å². The molecule has 7 atom stereocenters. The van der Waals surface area contributed by atoms with Crippen molar-refractivity contribution in [2.75, 3.05) is 6.61 Å². The predicted octanol–water partition coefficient (Wildman–Crippen LogP) is 2.18. The summed E-state index contributed by atoms with van der Waals surface area (Å²) in [5.41, 5.74) is -1.78. The van der Waals surface area contributed by atoms with Gasteiger partial charge in [0.1, 0.15) is 11.7 Å². The quantitative estimate of drug-likeness (QED) is 0.784. The van der Waals surface area contributed by atoms with E-state index in [0.717, 1.165) is 6.42 Å². The van der Waals surface area contributed by atoms with E-state index in [1.807, 2.05) is 27.7 Å². The molecule has 140 valence electrons. The van der Waals surface area contributed by atoms with Gasteiger partial charge in [-0.15, -0.1) is 0 Å². The van der Waals surface area contributed by atoms with Gasteiger partial charge in [-0.2, -0.15) is 0 Å². The highest BCUT2D eigenvalue weighted by molar-refractivity contribution is 5.76. The van der Waals surface area contributed by atoms with Crippen LogP contribution < -0.4 is 0 Å². The molecule has 0 aromatic carbocycles. The smallest absolute Gasteiger partial charge is 0.307 e. The van der Waals surface area contributed by atoms with Crippen molar-refractivity contribution in [3.63, 3.8) is 0 Å². The van der Waals surface area contributed by atoms with Crippen molar-refractivity contribution < 1.29 is 28.9 Å². The van der Waals surface area contributed by atoms with Gasteiger partial charge < -0.3 is 19.3 Å². The lowest BCUT2D eigenvalue weighted by molar-refractivity contribution is -0.257. The maximum atomic E-state index is 12.4. The number of hydrogen-bond acceptors (Lipinski definition) is 6. The van der Waals surface area contributed by atoms with Gasteiger partial charge in [0.2, 0.25) is 0 Å². The fourth-order valence-electron chi connectivity index (χ4n) is 6.33. The van der Waals surface area contributed by atoms with Crippen molar-refractivity contribution in [2.24, 2.45) is 22.7 Å². The lowest BCUT2D eigenvalue weighted by atomic mass is 9.48. The lowest BCUT2D eigenvalue weighted by Gasteiger charge is -2.56. The fourth-order valence-corrected chi connectivity index (χ4v) is 6.33. The van der Waals surface area contributed by atoms with Crippen molar-refractivity contribution in [1.29, 1.82) is 0 Å². The van der Waals surface area contributed by atoms with Gasteiger partial charge >= 0.3 is 11.9 Å². The molecule has 0 radical (unpaired) electrons. The molecule has 6 heteroatoms. The van der Waals surface area contributed by atoms with E-state index in [1.165, 1.54) is 0 Å². The molecule has 2 aliphatic heterocycles. The molecule has 0 aromatic rings. The molecule has 0 spiro atoms. The zero-order valence-electron chi connectivity index (χ0n) is 15.5. The SMILES string of the molecule is CCCC(=O)O[C@@H]1C[C@@]23OC(=O)C[C@@]2(C[C@]2(O)OC[C@@]3(C)[C@H]2C)[C@H]1C. The van der Waals surface area contributed by atoms with Crippen molar-refractivity contribution in [3.8, 4) is 0 Å². The summed E-state index contributed by atoms with van der Waals surface area (Å²) in [6.07, 6.45) is 1.95. The second-order valence-electron chi connectivity index (χ2n) is 8.85. The van der Waals surface area contributed by atoms with Crippen LogP contribution in [-0.2, 0) is 23.8 Å². The molecular weight excluding hydrogens is 324 g/mol. The fraction of sp³-hybridized carbons (Fsp3) is 0.895. The molecule has 0 aromatic heterocycles. The lowest BCUT2D eigenvalue weighted by Crippen LogP contribution is -2.64. The van der Waals surface area contributed by atoms with Crippen LogP contribution in [0.1, 0.15) is 59.8 Å². The first kappa shape index (κ1) is 17.3. The largest absolute Gasteiger partial charge is 0.462 e. The standard InChI is InChI=1S/C19H28O6/c1-5-6-14(20)24-13-7-19-16(4)10-23-18(22,12(16)3)9-17(19,11(13)2)8-15(21)25-19/h11-13,22H,5-10H2,1-4H3/t11-,12+,13+,16-,17+,18-,19-/m0/s1. The molecule has 2 heterocycles. The van der Waals surface area contributed by atoms with Crippen LogP contribution in [0.4, 0.5) is 0 Å². The third-order valence-corrected chi connectivity index (χ3v) is 7.95. The van der Waals surface area contributed by atoms with Crippen molar-refractivity contribution in [3.05, 3.63) is 0 Å². The number of aliphatic hydroxyl groups is 1. The minimum Gasteiger partial charge on any atom is -0.462 e. The molecule has 1 N–H and O–H groups in total. The normalized spacial score (nSPS) is 53.3. The Morgan fingerprint density at radius 3 is 2.80 bits per heavy atom. The Morgan fingerprint density at radius 2 is 2.12 bits per heavy atom. The topological polar surface area (TPSA) is 82.1 Å². The van der Waals surface area contributed by atoms with Gasteiger partial charge in [-0.3, -0.25) is 9.59 Å². The van der Waals surface area contributed by atoms with E-state index in [1.54, 1.807) is 0 Å². The average Bonchev–Trinajstić information content (AvgIpc) is 3.00. The minimum absolute atomic E-state index is 0.0696. The molecule has 4 fully saturated rings. The van der Waals surface area contributed by atoms with Gasteiger partial charge in [-0.05, 0) is 6.42 Å². The molecule has 2 saturated heterocycles. The summed E-state index contributed by atoms with van der Waals surface area (Å²) in [5, 5.41) is 11.1. The van der Waals surface area contributed by atoms with E-state index in [0.29, 0.717) is 25.9 Å². The Morgan fingerprint density at radius 1 is 1.40 bits per heavy atom. The highest BCUT2D eigenvalue weighted by Gasteiger charge is 2.84. The third kappa shape index (κ3) is 1.82. The van der Waals surface area contributed by atoms with Crippen molar-refractivity contribution >= 4 is 11.9 Å². The summed E-state index contributed by atoms with van der Waals surface area (Å²) in [5.74, 6) is -1.89.